The molecule has 0 amide bonds. The Bertz CT molecular complexity index is 5430. The van der Waals surface area contributed by atoms with Gasteiger partial charge in [-0.3, -0.25) is 14.4 Å². The molecule has 0 bridgehead atoms. The van der Waals surface area contributed by atoms with E-state index < -0.39 is 27.7 Å². The number of hydrogen-bond acceptors (Lipinski definition) is 28. The van der Waals surface area contributed by atoms with E-state index in [-0.39, 0.29) is 79.6 Å². The number of carbonyl (C=O) groups is 4. The number of allylic oxidation sites excluding steroid dienone is 1. The number of nitrogens with zero attached hydrogens (tertiary/aromatic N) is 8. The van der Waals surface area contributed by atoms with Gasteiger partial charge in [-0.05, 0) is 166 Å². The van der Waals surface area contributed by atoms with E-state index in [1.54, 1.807) is 71.8 Å². The van der Waals surface area contributed by atoms with Crippen molar-refractivity contribution in [3.8, 4) is 23.0 Å². The number of Topliss-reactive ketones (excluding diaryl/α,β-unsaturated/α-hetero) is 1. The number of unbranched alkanes of at least 4 members (excludes halogenated alkanes) is 4. The number of aliphatic hydroxyl groups excluding tert-OH is 1. The monoisotopic (exact) mass is 1830 g/mol. The van der Waals surface area contributed by atoms with Gasteiger partial charge >= 0.3 is 47.3 Å². The number of anilines is 8. The second kappa shape index (κ2) is 58.6. The Morgan fingerprint density at radius 3 is 1.03 bits per heavy atom. The van der Waals surface area contributed by atoms with Crippen LogP contribution in [0.5, 0.6) is 23.0 Å². The molecule has 0 radical (unpaired) electrons. The van der Waals surface area contributed by atoms with Crippen LogP contribution in [-0.2, 0) is 69.1 Å². The molecule has 0 atom stereocenters. The van der Waals surface area contributed by atoms with Crippen LogP contribution < -0.4 is 97.9 Å². The fraction of sp³-hybridized carbons (Fsp3) is 0.330. The first-order chi connectivity index (χ1) is 61.2. The molecule has 0 saturated carbocycles. The van der Waals surface area contributed by atoms with Gasteiger partial charge in [-0.15, -0.1) is 0 Å². The molecule has 129 heavy (non-hydrogen) atoms. The minimum atomic E-state index is -2.08. The third kappa shape index (κ3) is 34.3. The molecule has 4 heterocycles. The van der Waals surface area contributed by atoms with Crippen LogP contribution in [0.25, 0.3) is 6.08 Å². The first-order valence-corrected chi connectivity index (χ1v) is 44.9. The summed E-state index contributed by atoms with van der Waals surface area (Å²) < 4.78 is 43.5. The first-order valence-electron chi connectivity index (χ1n) is 42.0. The number of rotatable bonds is 37. The summed E-state index contributed by atoms with van der Waals surface area (Å²) in [6, 6.07) is 53.4. The SMILES string of the molecule is CC(=O)C=P(c1ccccc1)(c1ccccc1)c1ccccc1.CCCCNc1nc(N)nc(C)c1Cc1ccc(/C=C/C(C)=O)cc1OC.CCCCNc1nc(N)nc(C)c1Cc1ccc(C(=O)OC)cc1OC.CCCCNc1nc(N)nc(C)c1Cc1ccc(C=O)cc1OC.CCCCNc1nc(N)nc(C)c1Cc1ccc(CO)cc1OC.[AlH3].[H-].[Li+].[O]=[Mn]=[O]. The standard InChI is InChI=1S/C21H28N4O2.C21H19OP.C19H26N4O3.C18H26N4O2.C18H24N4O2.Al.Li.Mn.2O.4H/c1-5-6-11-23-20-18(15(3)24-21(22)25-20)13-17-10-9-16(8-7-14(2)26)12-19(17)27-4;1-18(22)17-23(19-11-5-2-6-12-19,20-13-7-3-8-14-20)21-15-9-4-10-16-21;1-5-6-9-21-17-15(12(2)22-19(20)23-17)10-13-7-8-14(18(24)26-4)11-16(13)25-3;2*1-4-5-8-20-17-15(12(2)21-18(19)22-17)10-14-7-6-13(11-23)9-16(14)24-3;;;;;;;;;/h7-10,12H,5-6,11,13H2,1-4H3,(H3,22,23,24,25);2-17H,1H3;7-8,11H,5-6,9-10H2,1-4H3,(H3,20,21,22,23);6-7,9,23H,4-5,8,10-11H2,1-3H3,(H3,19,20,21,22);6-7,9,11H,4-5,8,10H2,1-3H3,(H3,19,20,21,22);;;;;;;;;/q;;;;;;+1;;;;;;;-1/b8-7+;;;;;;;;;;;;;. The van der Waals surface area contributed by atoms with Crippen molar-refractivity contribution in [3.05, 3.63) is 259 Å². The summed E-state index contributed by atoms with van der Waals surface area (Å²) in [4.78, 5) is 80.6. The topological polar surface area (TPSA) is 424 Å². The Kier molecular flexibility index (Phi) is 49.8. The number of esters is 1. The van der Waals surface area contributed by atoms with Gasteiger partial charge in [0.2, 0.25) is 23.8 Å². The molecule has 0 spiro atoms. The van der Waals surface area contributed by atoms with Gasteiger partial charge in [-0.2, -0.15) is 19.9 Å². The van der Waals surface area contributed by atoms with E-state index in [4.69, 9.17) is 54.3 Å². The number of aromatic nitrogens is 8. The fourth-order valence-electron chi connectivity index (χ4n) is 13.5. The Labute approximate surface area is 789 Å². The minimum absolute atomic E-state index is 0. The van der Waals surface area contributed by atoms with E-state index in [1.165, 1.54) is 29.9 Å². The van der Waals surface area contributed by atoms with Crippen molar-refractivity contribution >= 4 is 123 Å². The summed E-state index contributed by atoms with van der Waals surface area (Å²) in [5.41, 5.74) is 37.3. The third-order valence-corrected chi connectivity index (χ3v) is 24.2. The molecule has 0 unspecified atom stereocenters. The zero-order chi connectivity index (χ0) is 92.8. The van der Waals surface area contributed by atoms with Crippen LogP contribution >= 0.6 is 6.89 Å². The van der Waals surface area contributed by atoms with Gasteiger partial charge < -0.3 is 74.4 Å². The molecule has 28 nitrogen and oxygen atoms in total. The molecule has 0 aliphatic heterocycles. The summed E-state index contributed by atoms with van der Waals surface area (Å²) in [6.45, 7) is 20.7. The van der Waals surface area contributed by atoms with Gasteiger partial charge in [0.1, 0.15) is 52.6 Å². The van der Waals surface area contributed by atoms with E-state index in [0.29, 0.717) is 48.3 Å². The number of aliphatic hydroxyl groups is 1. The van der Waals surface area contributed by atoms with Gasteiger partial charge in [0.05, 0.1) is 47.7 Å². The number of methoxy groups -OCH3 is 5. The van der Waals surface area contributed by atoms with Gasteiger partial charge in [-0.1, -0.05) is 193 Å². The van der Waals surface area contributed by atoms with Gasteiger partial charge in [0.25, 0.3) is 0 Å². The predicted octanol–water partition coefficient (Wildman–Crippen LogP) is 11.5. The number of aryl methyl sites for hydroxylation is 4. The van der Waals surface area contributed by atoms with Crippen LogP contribution in [0.3, 0.4) is 0 Å². The van der Waals surface area contributed by atoms with Crippen LogP contribution in [0.15, 0.2) is 170 Å². The Morgan fingerprint density at radius 1 is 0.434 bits per heavy atom. The van der Waals surface area contributed by atoms with Gasteiger partial charge in [0.15, 0.2) is 28.9 Å². The van der Waals surface area contributed by atoms with Crippen molar-refractivity contribution in [3.63, 3.8) is 0 Å². The number of carbonyl (C=O) groups excluding carboxylic acids is 4. The summed E-state index contributed by atoms with van der Waals surface area (Å²) >= 11 is -1.44. The first kappa shape index (κ1) is 110. The van der Waals surface area contributed by atoms with E-state index in [1.807, 2.05) is 137 Å². The molecule has 13 N–H and O–H groups in total. The quantitative estimate of drug-likeness (QED) is 0.00436. The van der Waals surface area contributed by atoms with Crippen molar-refractivity contribution in [2.45, 2.75) is 153 Å². The molecule has 0 fully saturated rings. The number of nitrogens with one attached hydrogen (secondary N) is 4. The van der Waals surface area contributed by atoms with Gasteiger partial charge in [0, 0.05) is 102 Å². The van der Waals surface area contributed by atoms with E-state index >= 15 is 0 Å². The van der Waals surface area contributed by atoms with Crippen molar-refractivity contribution in [2.24, 2.45) is 0 Å². The molecule has 0 saturated heterocycles. The number of hydrogen-bond donors (Lipinski definition) is 9. The number of nitrogens with two attached hydrogens (primary N) is 4. The molecule has 0 aliphatic rings. The van der Waals surface area contributed by atoms with Gasteiger partial charge in [-0.25, -0.2) is 24.7 Å². The second-order valence-electron chi connectivity index (χ2n) is 29.4. The second-order valence-corrected chi connectivity index (χ2v) is 32.8. The normalized spacial score (nSPS) is 10.4. The molecule has 683 valence electrons. The maximum atomic E-state index is 12.2. The molecule has 11 rings (SSSR count). The molecule has 32 heteroatoms. The van der Waals surface area contributed by atoms with Crippen LogP contribution in [0, 0.1) is 27.7 Å². The van der Waals surface area contributed by atoms with Crippen molar-refractivity contribution in [1.29, 1.82) is 0 Å². The van der Waals surface area contributed by atoms with Crippen LogP contribution in [0.4, 0.5) is 47.1 Å². The van der Waals surface area contributed by atoms with Crippen molar-refractivity contribution in [2.75, 3.05) is 106 Å². The third-order valence-electron chi connectivity index (χ3n) is 20.1. The molecule has 11 aromatic rings. The summed E-state index contributed by atoms with van der Waals surface area (Å²) in [5, 5.41) is 26.3. The van der Waals surface area contributed by atoms with E-state index in [9.17, 15) is 24.3 Å². The number of ketones is 2. The van der Waals surface area contributed by atoms with E-state index in [0.717, 1.165) is 197 Å². The number of nitrogen functional groups attached to an aromatic ring is 4. The van der Waals surface area contributed by atoms with Crippen molar-refractivity contribution in [1.82, 2.24) is 39.9 Å². The fourth-order valence-corrected chi connectivity index (χ4v) is 17.3. The zero-order valence-corrected chi connectivity index (χ0v) is 78.6. The Hall–Kier alpha value is -11.8. The summed E-state index contributed by atoms with van der Waals surface area (Å²) in [5.74, 6) is 8.56. The number of aldehydes is 1. The maximum absolute atomic E-state index is 12.2. The van der Waals surface area contributed by atoms with Crippen molar-refractivity contribution < 1.29 is 90.7 Å². The number of benzene rings is 7. The molecular weight excluding hydrogens is 1700 g/mol. The molecule has 7 aromatic carbocycles. The Balaban J connectivity index is 0.000000413. The van der Waals surface area contributed by atoms with E-state index in [2.05, 4.69) is 125 Å². The average Bonchev–Trinajstić information content (AvgIpc) is 0.753. The summed E-state index contributed by atoms with van der Waals surface area (Å²) in [7, 11) is 7.80. The molecular formula is C97H127AlLiMnN16O12P. The van der Waals surface area contributed by atoms with Crippen LogP contribution in [0.1, 0.15) is 193 Å². The molecule has 4 aromatic heterocycles. The van der Waals surface area contributed by atoms with Crippen LogP contribution in [0.2, 0.25) is 0 Å². The average molecular weight is 1830 g/mol. The number of ether oxygens (including phenoxy) is 5. The van der Waals surface area contributed by atoms with Crippen LogP contribution in [-0.4, -0.2) is 154 Å². The summed E-state index contributed by atoms with van der Waals surface area (Å²) in [6.07, 6.45) is 15.2. The zero-order valence-electron chi connectivity index (χ0n) is 77.6. The predicted molar refractivity (Wildman–Crippen MR) is 518 cm³/mol. The Morgan fingerprint density at radius 2 is 0.736 bits per heavy atom. The molecule has 0 aliphatic carbocycles.